The molecule has 8 nitrogen and oxygen atoms in total. The fraction of sp³-hybridized carbons (Fsp3) is 0.357. The monoisotopic (exact) mass is 369 g/mol. The summed E-state index contributed by atoms with van der Waals surface area (Å²) in [5, 5.41) is 19.5. The highest BCUT2D eigenvalue weighted by Gasteiger charge is 2.17. The summed E-state index contributed by atoms with van der Waals surface area (Å²) in [6.45, 7) is 3.96. The highest BCUT2D eigenvalue weighted by atomic mass is 32.2. The van der Waals surface area contributed by atoms with Crippen molar-refractivity contribution in [2.45, 2.75) is 31.6 Å². The maximum absolute atomic E-state index is 12.3. The molecule has 0 radical (unpaired) electrons. The lowest BCUT2D eigenvalue weighted by molar-refractivity contribution is -0.246. The van der Waals surface area contributed by atoms with E-state index in [9.17, 15) is 18.3 Å². The van der Waals surface area contributed by atoms with Crippen molar-refractivity contribution in [3.63, 3.8) is 0 Å². The minimum Gasteiger partial charge on any atom is -0.530 e. The number of carbonyl (C=O) groups excluding carboxylic acids is 1. The first-order valence-corrected chi connectivity index (χ1v) is 9.55. The molecule has 2 aromatic rings. The molecule has 1 amide bonds. The summed E-state index contributed by atoms with van der Waals surface area (Å²) in [7, 11) is -3.80. The van der Waals surface area contributed by atoms with E-state index in [1.165, 1.54) is 24.3 Å². The minimum absolute atomic E-state index is 0.00731. The largest absolute Gasteiger partial charge is 0.530 e. The molecule has 1 heterocycles. The average molecular weight is 369 g/mol. The van der Waals surface area contributed by atoms with Gasteiger partial charge in [-0.2, -0.15) is 0 Å². The van der Waals surface area contributed by atoms with E-state index >= 15 is 0 Å². The molecule has 1 aromatic heterocycles. The van der Waals surface area contributed by atoms with Crippen molar-refractivity contribution in [3.8, 4) is 0 Å². The minimum atomic E-state index is -3.80. The zero-order valence-electron chi connectivity index (χ0n) is 13.2. The van der Waals surface area contributed by atoms with Crippen LogP contribution in [-0.4, -0.2) is 31.3 Å². The van der Waals surface area contributed by atoms with Crippen LogP contribution in [0, 0.1) is 6.92 Å². The zero-order valence-corrected chi connectivity index (χ0v) is 14.9. The van der Waals surface area contributed by atoms with Crippen LogP contribution >= 0.6 is 11.3 Å². The van der Waals surface area contributed by atoms with Crippen molar-refractivity contribution in [1.29, 1.82) is 0 Å². The highest BCUT2D eigenvalue weighted by molar-refractivity contribution is 7.93. The predicted octanol–water partition coefficient (Wildman–Crippen LogP) is 1.60. The maximum atomic E-state index is 12.3. The molecule has 0 spiro atoms. The Bertz CT molecular complexity index is 802. The normalized spacial score (nSPS) is 11.2. The number of aromatic nitrogens is 2. The third-order valence-electron chi connectivity index (χ3n) is 3.16. The van der Waals surface area contributed by atoms with Gasteiger partial charge in [0.15, 0.2) is 0 Å². The van der Waals surface area contributed by atoms with Gasteiger partial charge in [-0.05, 0) is 37.6 Å². The summed E-state index contributed by atoms with van der Waals surface area (Å²) in [5.41, 5.74) is 0.370. The standard InChI is InChI=1S/C14H18N4O4S2/c1-3-4-9-18(14(19)20)11-5-7-12(8-6-11)24(21,22)17-13-16-15-10(2)23-13/h5-8H,3-4,9H2,1-2H3,(H,16,17)(H,19,20)/p-1. The van der Waals surface area contributed by atoms with Crippen molar-refractivity contribution in [2.75, 3.05) is 16.2 Å². The van der Waals surface area contributed by atoms with E-state index in [0.717, 1.165) is 22.7 Å². The van der Waals surface area contributed by atoms with Crippen LogP contribution in [0.25, 0.3) is 0 Å². The second-order valence-corrected chi connectivity index (χ2v) is 7.86. The molecule has 0 aliphatic heterocycles. The first-order valence-electron chi connectivity index (χ1n) is 7.25. The van der Waals surface area contributed by atoms with Gasteiger partial charge in [-0.1, -0.05) is 24.7 Å². The zero-order chi connectivity index (χ0) is 17.7. The van der Waals surface area contributed by atoms with Gasteiger partial charge in [-0.25, -0.2) is 8.42 Å². The Balaban J connectivity index is 2.19. The third kappa shape index (κ3) is 4.42. The molecule has 1 aromatic carbocycles. The van der Waals surface area contributed by atoms with E-state index < -0.39 is 16.1 Å². The molecule has 130 valence electrons. The van der Waals surface area contributed by atoms with Crippen LogP contribution in [0.4, 0.5) is 15.6 Å². The summed E-state index contributed by atoms with van der Waals surface area (Å²) in [6.07, 6.45) is 0.203. The third-order valence-corrected chi connectivity index (χ3v) is 5.40. The first-order chi connectivity index (χ1) is 11.3. The van der Waals surface area contributed by atoms with Crippen molar-refractivity contribution in [1.82, 2.24) is 10.2 Å². The molecule has 1 N–H and O–H groups in total. The van der Waals surface area contributed by atoms with Gasteiger partial charge < -0.3 is 14.8 Å². The van der Waals surface area contributed by atoms with Gasteiger partial charge in [0.1, 0.15) is 11.1 Å². The average Bonchev–Trinajstić information content (AvgIpc) is 2.92. The van der Waals surface area contributed by atoms with E-state index in [1.54, 1.807) is 6.92 Å². The van der Waals surface area contributed by atoms with E-state index in [0.29, 0.717) is 23.7 Å². The van der Waals surface area contributed by atoms with Crippen molar-refractivity contribution < 1.29 is 18.3 Å². The summed E-state index contributed by atoms with van der Waals surface area (Å²) >= 11 is 1.12. The number of benzene rings is 1. The lowest BCUT2D eigenvalue weighted by Gasteiger charge is -2.25. The number of sulfonamides is 1. The maximum Gasteiger partial charge on any atom is 0.263 e. The van der Waals surface area contributed by atoms with E-state index in [1.807, 2.05) is 6.92 Å². The number of hydrogen-bond acceptors (Lipinski definition) is 7. The molecule has 0 saturated heterocycles. The molecule has 10 heteroatoms. The number of anilines is 2. The number of unbranched alkanes of at least 4 members (excludes halogenated alkanes) is 1. The van der Waals surface area contributed by atoms with Crippen molar-refractivity contribution >= 4 is 38.3 Å². The summed E-state index contributed by atoms with van der Waals surface area (Å²) in [5.74, 6) is 0. The fourth-order valence-electron chi connectivity index (χ4n) is 1.96. The summed E-state index contributed by atoms with van der Waals surface area (Å²) in [4.78, 5) is 12.3. The molecular weight excluding hydrogens is 352 g/mol. The molecule has 0 unspecified atom stereocenters. The molecule has 0 bridgehead atoms. The number of nitrogens with one attached hydrogen (secondary N) is 1. The van der Waals surface area contributed by atoms with Crippen LogP contribution in [0.15, 0.2) is 29.2 Å². The second kappa shape index (κ2) is 7.58. The Hall–Kier alpha value is -2.20. The number of amides is 1. The van der Waals surface area contributed by atoms with E-state index in [4.69, 9.17) is 0 Å². The molecule has 0 aliphatic carbocycles. The second-order valence-electron chi connectivity index (χ2n) is 5.00. The number of carbonyl (C=O) groups is 1. The molecular formula is C14H17N4O4S2-. The quantitative estimate of drug-likeness (QED) is 0.792. The number of aryl methyl sites for hydroxylation is 1. The van der Waals surface area contributed by atoms with Crippen LogP contribution in [-0.2, 0) is 10.0 Å². The van der Waals surface area contributed by atoms with Crippen molar-refractivity contribution in [3.05, 3.63) is 29.3 Å². The van der Waals surface area contributed by atoms with Crippen LogP contribution in [0.5, 0.6) is 0 Å². The fourth-order valence-corrected chi connectivity index (χ4v) is 3.78. The highest BCUT2D eigenvalue weighted by Crippen LogP contribution is 2.22. The summed E-state index contributed by atoms with van der Waals surface area (Å²) in [6, 6.07) is 5.55. The molecule has 0 saturated carbocycles. The Morgan fingerprint density at radius 3 is 2.46 bits per heavy atom. The number of rotatable bonds is 7. The number of carboxylic acid groups (broad SMARTS) is 1. The van der Waals surface area contributed by atoms with Gasteiger partial charge in [-0.3, -0.25) is 4.72 Å². The molecule has 24 heavy (non-hydrogen) atoms. The number of nitrogens with zero attached hydrogens (tertiary/aromatic N) is 3. The predicted molar refractivity (Wildman–Crippen MR) is 89.5 cm³/mol. The topological polar surface area (TPSA) is 115 Å². The molecule has 0 aliphatic rings. The van der Waals surface area contributed by atoms with Gasteiger partial charge in [0.05, 0.1) is 4.90 Å². The molecule has 2 rings (SSSR count). The smallest absolute Gasteiger partial charge is 0.263 e. The van der Waals surface area contributed by atoms with E-state index in [-0.39, 0.29) is 10.0 Å². The SMILES string of the molecule is CCCCN(C(=O)[O-])c1ccc(S(=O)(=O)Nc2nnc(C)s2)cc1. The molecule has 0 atom stereocenters. The lowest BCUT2D eigenvalue weighted by atomic mass is 10.2. The Kier molecular flexibility index (Phi) is 5.73. The van der Waals surface area contributed by atoms with Crippen LogP contribution < -0.4 is 14.7 Å². The molecule has 0 fully saturated rings. The Morgan fingerprint density at radius 2 is 1.96 bits per heavy atom. The van der Waals surface area contributed by atoms with Crippen LogP contribution in [0.3, 0.4) is 0 Å². The van der Waals surface area contributed by atoms with Gasteiger partial charge in [0.25, 0.3) is 10.0 Å². The van der Waals surface area contributed by atoms with Gasteiger partial charge in [-0.15, -0.1) is 10.2 Å². The van der Waals surface area contributed by atoms with Gasteiger partial charge >= 0.3 is 0 Å². The van der Waals surface area contributed by atoms with Gasteiger partial charge in [0.2, 0.25) is 5.13 Å². The Morgan fingerprint density at radius 1 is 1.29 bits per heavy atom. The van der Waals surface area contributed by atoms with E-state index in [2.05, 4.69) is 14.9 Å². The first kappa shape index (κ1) is 18.1. The van der Waals surface area contributed by atoms with Crippen LogP contribution in [0.2, 0.25) is 0 Å². The van der Waals surface area contributed by atoms with Crippen LogP contribution in [0.1, 0.15) is 24.8 Å². The number of hydrogen-bond donors (Lipinski definition) is 1. The Labute approximate surface area is 144 Å². The lowest BCUT2D eigenvalue weighted by Crippen LogP contribution is -2.41. The summed E-state index contributed by atoms with van der Waals surface area (Å²) < 4.78 is 26.9. The van der Waals surface area contributed by atoms with Gasteiger partial charge in [0, 0.05) is 12.2 Å². The van der Waals surface area contributed by atoms with Crippen molar-refractivity contribution in [2.24, 2.45) is 0 Å².